The van der Waals surface area contributed by atoms with Crippen molar-refractivity contribution in [1.82, 2.24) is 0 Å². The number of benzene rings is 1. The van der Waals surface area contributed by atoms with E-state index in [9.17, 15) is 0 Å². The molecule has 0 saturated carbocycles. The minimum Gasteiger partial charge on any atom is -0.478 e. The molecule has 1 aromatic rings. The number of anilines is 1. The van der Waals surface area contributed by atoms with Crippen LogP contribution >= 0.6 is 8.58 Å². The van der Waals surface area contributed by atoms with Crippen molar-refractivity contribution in [3.05, 3.63) is 24.3 Å². The first kappa shape index (κ1) is 17.1. The van der Waals surface area contributed by atoms with E-state index in [1.165, 1.54) is 19.6 Å². The number of fused-ring (bicyclic) bond motifs is 1. The summed E-state index contributed by atoms with van der Waals surface area (Å²) in [7, 11) is 1.47. The van der Waals surface area contributed by atoms with Crippen LogP contribution in [0, 0.1) is 10.8 Å². The maximum atomic E-state index is 2.62. The van der Waals surface area contributed by atoms with Gasteiger partial charge in [-0.15, -0.1) is 0 Å². The van der Waals surface area contributed by atoms with Gasteiger partial charge in [-0.3, -0.25) is 0 Å². The average Bonchev–Trinajstić information content (AvgIpc) is 2.55. The molecule has 0 radical (unpaired) electrons. The summed E-state index contributed by atoms with van der Waals surface area (Å²) < 4.78 is 0. The van der Waals surface area contributed by atoms with Crippen LogP contribution in [-0.4, -0.2) is 12.3 Å². The van der Waals surface area contributed by atoms with Gasteiger partial charge in [0, 0.05) is 12.2 Å². The van der Waals surface area contributed by atoms with Gasteiger partial charge in [-0.1, -0.05) is 65.5 Å². The predicted octanol–water partition coefficient (Wildman–Crippen LogP) is 1.50. The van der Waals surface area contributed by atoms with Gasteiger partial charge in [-0.25, -0.2) is 0 Å². The van der Waals surface area contributed by atoms with E-state index in [1.54, 1.807) is 0 Å². The molecule has 1 aliphatic rings. The van der Waals surface area contributed by atoms with E-state index in [-0.39, 0.29) is 18.9 Å². The molecule has 0 aliphatic carbocycles. The zero-order chi connectivity index (χ0) is 13.6. The van der Waals surface area contributed by atoms with Crippen molar-refractivity contribution in [2.75, 3.05) is 11.4 Å². The Labute approximate surface area is 132 Å². The fourth-order valence-electron chi connectivity index (χ4n) is 2.49. The molecule has 0 saturated heterocycles. The Hall–Kier alpha value is 0.0474. The van der Waals surface area contributed by atoms with E-state index < -0.39 is 0 Å². The fourth-order valence-corrected chi connectivity index (χ4v) is 4.00. The van der Waals surface area contributed by atoms with Gasteiger partial charge in [-0.2, -0.15) is 5.30 Å². The van der Waals surface area contributed by atoms with E-state index >= 15 is 0 Å². The Kier molecular flexibility index (Phi) is 5.23. The molecule has 0 aromatic heterocycles. The molecule has 1 aromatic carbocycles. The summed E-state index contributed by atoms with van der Waals surface area (Å²) in [6.45, 7) is 15.2. The monoisotopic (exact) mass is 269 g/mol. The van der Waals surface area contributed by atoms with Gasteiger partial charge in [0.15, 0.2) is 0 Å². The molecule has 0 bridgehead atoms. The minimum atomic E-state index is 0. The third-order valence-electron chi connectivity index (χ3n) is 3.17. The summed E-state index contributed by atoms with van der Waals surface area (Å²) in [6, 6.07) is 8.87. The number of hydrogen-bond acceptors (Lipinski definition) is 1. The third-order valence-corrected chi connectivity index (χ3v) is 5.12. The van der Waals surface area contributed by atoms with Crippen LogP contribution in [0.4, 0.5) is 5.69 Å². The Morgan fingerprint density at radius 2 is 1.63 bits per heavy atom. The first-order chi connectivity index (χ1) is 8.18. The summed E-state index contributed by atoms with van der Waals surface area (Å²) in [5, 5.41) is 1.49. The summed E-state index contributed by atoms with van der Waals surface area (Å²) in [5.74, 6) is 0.592. The largest absolute Gasteiger partial charge is 1.00 e. The van der Waals surface area contributed by atoms with Crippen LogP contribution in [0.25, 0.3) is 0 Å². The van der Waals surface area contributed by atoms with Crippen molar-refractivity contribution in [3.8, 4) is 0 Å². The molecule has 1 heterocycles. The zero-order valence-corrected chi connectivity index (χ0v) is 14.4. The third kappa shape index (κ3) is 4.01. The molecule has 0 unspecified atom stereocenters. The van der Waals surface area contributed by atoms with Crippen molar-refractivity contribution in [1.29, 1.82) is 0 Å². The van der Waals surface area contributed by atoms with Crippen molar-refractivity contribution < 1.29 is 18.9 Å². The van der Waals surface area contributed by atoms with Crippen LogP contribution in [0.15, 0.2) is 24.3 Å². The number of hydrogen-bond donors (Lipinski definition) is 0. The van der Waals surface area contributed by atoms with Crippen LogP contribution in [-0.2, 0) is 0 Å². The summed E-state index contributed by atoms with van der Waals surface area (Å²) in [5.41, 5.74) is 2.08. The first-order valence-electron chi connectivity index (χ1n) is 6.75. The van der Waals surface area contributed by atoms with E-state index in [0.717, 1.165) is 6.54 Å². The Bertz CT molecular complexity index is 431. The van der Waals surface area contributed by atoms with Crippen LogP contribution in [0.5, 0.6) is 0 Å². The van der Waals surface area contributed by atoms with Crippen LogP contribution in [0.2, 0.25) is 0 Å². The second-order valence-corrected chi connectivity index (χ2v) is 8.78. The fraction of sp³-hybridized carbons (Fsp3) is 0.625. The predicted molar refractivity (Wildman–Crippen MR) is 83.0 cm³/mol. The molecule has 100 valence electrons. The van der Waals surface area contributed by atoms with Gasteiger partial charge in [0.05, 0.1) is 0 Å². The molecule has 19 heavy (non-hydrogen) atoms. The van der Waals surface area contributed by atoms with Gasteiger partial charge in [0.2, 0.25) is 0 Å². The van der Waals surface area contributed by atoms with Crippen LogP contribution in [0.3, 0.4) is 0 Å². The number of para-hydroxylation sites is 1. The van der Waals surface area contributed by atoms with Gasteiger partial charge < -0.3 is 13.5 Å². The second kappa shape index (κ2) is 5.81. The van der Waals surface area contributed by atoms with Gasteiger partial charge in [-0.05, 0) is 16.9 Å². The van der Waals surface area contributed by atoms with E-state index in [1.807, 2.05) is 0 Å². The molecule has 2 rings (SSSR count). The SMILES string of the molecule is CC(C)(C)CN1c2ccccc2[P-][C@@H]1C(C)(C)C.[Li+]. The van der Waals surface area contributed by atoms with Crippen molar-refractivity contribution in [2.24, 2.45) is 10.8 Å². The van der Waals surface area contributed by atoms with E-state index in [0.29, 0.717) is 16.6 Å². The summed E-state index contributed by atoms with van der Waals surface area (Å²) >= 11 is 0. The number of rotatable bonds is 1. The van der Waals surface area contributed by atoms with E-state index in [2.05, 4.69) is 70.7 Å². The van der Waals surface area contributed by atoms with Gasteiger partial charge in [0.25, 0.3) is 0 Å². The molecule has 1 aliphatic heterocycles. The maximum Gasteiger partial charge on any atom is 1.00 e. The minimum absolute atomic E-state index is 0. The summed E-state index contributed by atoms with van der Waals surface area (Å²) in [4.78, 5) is 2.62. The average molecular weight is 269 g/mol. The second-order valence-electron chi connectivity index (χ2n) is 7.55. The van der Waals surface area contributed by atoms with Gasteiger partial charge >= 0.3 is 18.9 Å². The first-order valence-corrected chi connectivity index (χ1v) is 7.71. The topological polar surface area (TPSA) is 3.24 Å². The quantitative estimate of drug-likeness (QED) is 0.552. The summed E-state index contributed by atoms with van der Waals surface area (Å²) in [6.07, 6.45) is 0. The van der Waals surface area contributed by atoms with Crippen LogP contribution in [0.1, 0.15) is 41.5 Å². The normalized spacial score (nSPS) is 20.3. The molecule has 0 N–H and O–H groups in total. The molecule has 0 spiro atoms. The molecule has 0 amide bonds. The molecule has 1 nitrogen and oxygen atoms in total. The Balaban J connectivity index is 0.00000180. The van der Waals surface area contributed by atoms with Crippen molar-refractivity contribution in [2.45, 2.75) is 47.3 Å². The molecule has 0 fully saturated rings. The van der Waals surface area contributed by atoms with E-state index in [4.69, 9.17) is 0 Å². The standard InChI is InChI=1S/C16H25NP.Li/c1-15(2,3)11-17-12-9-7-8-10-13(12)18-14(17)16(4,5)6;/h7-10,14H,11H2,1-6H3;/q-1;+1/t14-;/m1./s1. The number of nitrogens with zero attached hydrogens (tertiary/aromatic N) is 1. The molecular formula is C16H25LiNP. The molecular weight excluding hydrogens is 244 g/mol. The van der Waals surface area contributed by atoms with Gasteiger partial charge in [0.1, 0.15) is 0 Å². The Morgan fingerprint density at radius 1 is 1.05 bits per heavy atom. The van der Waals surface area contributed by atoms with Crippen molar-refractivity contribution in [3.63, 3.8) is 0 Å². The van der Waals surface area contributed by atoms with Crippen LogP contribution < -0.4 is 29.1 Å². The molecule has 3 heteroatoms. The maximum absolute atomic E-state index is 2.62. The van der Waals surface area contributed by atoms with Crippen molar-refractivity contribution >= 4 is 19.6 Å². The zero-order valence-electron chi connectivity index (χ0n) is 13.5. The Morgan fingerprint density at radius 3 is 2.16 bits per heavy atom. The smallest absolute Gasteiger partial charge is 0.478 e. The molecule has 1 atom stereocenters.